The van der Waals surface area contributed by atoms with Gasteiger partial charge in [0.1, 0.15) is 12.4 Å². The van der Waals surface area contributed by atoms with Gasteiger partial charge in [0.05, 0.1) is 0 Å². The molecule has 0 bridgehead atoms. The minimum atomic E-state index is 0.577. The summed E-state index contributed by atoms with van der Waals surface area (Å²) in [5.74, 6) is 1.03. The van der Waals surface area contributed by atoms with Gasteiger partial charge < -0.3 is 10.1 Å². The second-order valence-corrected chi connectivity index (χ2v) is 6.64. The summed E-state index contributed by atoms with van der Waals surface area (Å²) in [4.78, 5) is 2.60. The first-order valence-corrected chi connectivity index (χ1v) is 8.49. The molecule has 1 aromatic carbocycles. The van der Waals surface area contributed by atoms with Gasteiger partial charge in [-0.15, -0.1) is 0 Å². The van der Waals surface area contributed by atoms with Crippen LogP contribution in [-0.2, 0) is 6.42 Å². The molecule has 116 valence electrons. The van der Waals surface area contributed by atoms with Crippen LogP contribution >= 0.6 is 0 Å². The molecule has 0 aliphatic carbocycles. The summed E-state index contributed by atoms with van der Waals surface area (Å²) in [6.07, 6.45) is 6.33. The van der Waals surface area contributed by atoms with Crippen LogP contribution < -0.4 is 10.1 Å². The van der Waals surface area contributed by atoms with Crippen LogP contribution in [0.3, 0.4) is 0 Å². The van der Waals surface area contributed by atoms with Gasteiger partial charge in [0, 0.05) is 24.3 Å². The van der Waals surface area contributed by atoms with Crippen molar-refractivity contribution in [2.45, 2.75) is 58.0 Å². The summed E-state index contributed by atoms with van der Waals surface area (Å²) in [5, 5.41) is 3.45. The lowest BCUT2D eigenvalue weighted by atomic mass is 10.0. The van der Waals surface area contributed by atoms with Crippen molar-refractivity contribution in [3.63, 3.8) is 0 Å². The van der Waals surface area contributed by atoms with Crippen molar-refractivity contribution >= 4 is 5.69 Å². The molecule has 0 saturated carbocycles. The molecule has 1 unspecified atom stereocenters. The third-order valence-corrected chi connectivity index (χ3v) is 4.79. The third kappa shape index (κ3) is 3.52. The van der Waals surface area contributed by atoms with E-state index in [4.69, 9.17) is 4.74 Å². The SMILES string of the molecule is CC(C)N1CCCCC1COc1ccc2c(c1)CCCN2. The normalized spacial score (nSPS) is 22.7. The fourth-order valence-corrected chi connectivity index (χ4v) is 3.62. The van der Waals surface area contributed by atoms with Gasteiger partial charge in [-0.25, -0.2) is 0 Å². The lowest BCUT2D eigenvalue weighted by molar-refractivity contribution is 0.0733. The lowest BCUT2D eigenvalue weighted by Gasteiger charge is -2.38. The van der Waals surface area contributed by atoms with Crippen LogP contribution in [0.25, 0.3) is 0 Å². The first kappa shape index (κ1) is 14.7. The number of benzene rings is 1. The van der Waals surface area contributed by atoms with E-state index < -0.39 is 0 Å². The molecule has 3 nitrogen and oxygen atoms in total. The minimum absolute atomic E-state index is 0.577. The van der Waals surface area contributed by atoms with Gasteiger partial charge in [-0.1, -0.05) is 6.42 Å². The topological polar surface area (TPSA) is 24.5 Å². The summed E-state index contributed by atoms with van der Waals surface area (Å²) in [7, 11) is 0. The molecule has 21 heavy (non-hydrogen) atoms. The van der Waals surface area contributed by atoms with E-state index in [2.05, 4.69) is 42.3 Å². The number of hydrogen-bond donors (Lipinski definition) is 1. The first-order valence-electron chi connectivity index (χ1n) is 8.49. The van der Waals surface area contributed by atoms with E-state index in [-0.39, 0.29) is 0 Å². The number of rotatable bonds is 4. The smallest absolute Gasteiger partial charge is 0.119 e. The van der Waals surface area contributed by atoms with Gasteiger partial charge in [-0.2, -0.15) is 0 Å². The van der Waals surface area contributed by atoms with Crippen molar-refractivity contribution in [1.29, 1.82) is 0 Å². The summed E-state index contributed by atoms with van der Waals surface area (Å²) >= 11 is 0. The molecular weight excluding hydrogens is 260 g/mol. The quantitative estimate of drug-likeness (QED) is 0.914. The molecule has 0 radical (unpaired) electrons. The Morgan fingerprint density at radius 3 is 3.05 bits per heavy atom. The van der Waals surface area contributed by atoms with Gasteiger partial charge in [0.25, 0.3) is 0 Å². The highest BCUT2D eigenvalue weighted by atomic mass is 16.5. The van der Waals surface area contributed by atoms with E-state index in [9.17, 15) is 0 Å². The average molecular weight is 288 g/mol. The van der Waals surface area contributed by atoms with Crippen LogP contribution in [0.4, 0.5) is 5.69 Å². The predicted molar refractivity (Wildman–Crippen MR) is 88.2 cm³/mol. The zero-order chi connectivity index (χ0) is 14.7. The second-order valence-electron chi connectivity index (χ2n) is 6.64. The number of aryl methyl sites for hydroxylation is 1. The Morgan fingerprint density at radius 2 is 2.19 bits per heavy atom. The Balaban J connectivity index is 1.61. The molecule has 2 heterocycles. The van der Waals surface area contributed by atoms with Crippen LogP contribution in [0.1, 0.15) is 45.1 Å². The van der Waals surface area contributed by atoms with Gasteiger partial charge in [0.15, 0.2) is 0 Å². The standard InChI is InChI=1S/C18H28N2O/c1-14(2)20-11-4-3-7-16(20)13-21-17-8-9-18-15(12-17)6-5-10-19-18/h8-9,12,14,16,19H,3-7,10-11,13H2,1-2H3. The predicted octanol–water partition coefficient (Wildman–Crippen LogP) is 3.69. The minimum Gasteiger partial charge on any atom is -0.492 e. The molecule has 0 amide bonds. The monoisotopic (exact) mass is 288 g/mol. The van der Waals surface area contributed by atoms with Crippen LogP contribution in [0, 0.1) is 0 Å². The third-order valence-electron chi connectivity index (χ3n) is 4.79. The molecule has 0 spiro atoms. The number of piperidine rings is 1. The van der Waals surface area contributed by atoms with Crippen molar-refractivity contribution in [3.05, 3.63) is 23.8 Å². The first-order chi connectivity index (χ1) is 10.2. The second kappa shape index (κ2) is 6.69. The van der Waals surface area contributed by atoms with Gasteiger partial charge >= 0.3 is 0 Å². The number of likely N-dealkylation sites (tertiary alicyclic amines) is 1. The Bertz CT molecular complexity index is 472. The average Bonchev–Trinajstić information content (AvgIpc) is 2.53. The van der Waals surface area contributed by atoms with Crippen molar-refractivity contribution < 1.29 is 4.74 Å². The molecule has 1 atom stereocenters. The van der Waals surface area contributed by atoms with Gasteiger partial charge in [-0.3, -0.25) is 4.90 Å². The number of anilines is 1. The highest BCUT2D eigenvalue weighted by Crippen LogP contribution is 2.27. The van der Waals surface area contributed by atoms with Crippen LogP contribution in [-0.4, -0.2) is 36.7 Å². The molecule has 2 aliphatic rings. The number of ether oxygens (including phenoxy) is 1. The largest absolute Gasteiger partial charge is 0.492 e. The van der Waals surface area contributed by atoms with E-state index in [0.29, 0.717) is 12.1 Å². The Labute approximate surface area is 128 Å². The highest BCUT2D eigenvalue weighted by Gasteiger charge is 2.25. The van der Waals surface area contributed by atoms with E-state index in [1.165, 1.54) is 49.9 Å². The van der Waals surface area contributed by atoms with E-state index in [0.717, 1.165) is 18.9 Å². The van der Waals surface area contributed by atoms with E-state index in [1.54, 1.807) is 0 Å². The molecular formula is C18H28N2O. The highest BCUT2D eigenvalue weighted by molar-refractivity contribution is 5.55. The molecule has 2 aliphatic heterocycles. The lowest BCUT2D eigenvalue weighted by Crippen LogP contribution is -2.46. The van der Waals surface area contributed by atoms with Gasteiger partial charge in [-0.05, 0) is 69.8 Å². The van der Waals surface area contributed by atoms with E-state index in [1.807, 2.05) is 0 Å². The Kier molecular flexibility index (Phi) is 4.69. The van der Waals surface area contributed by atoms with E-state index >= 15 is 0 Å². The molecule has 1 saturated heterocycles. The number of nitrogens with zero attached hydrogens (tertiary/aromatic N) is 1. The zero-order valence-electron chi connectivity index (χ0n) is 13.4. The van der Waals surface area contributed by atoms with Gasteiger partial charge in [0.2, 0.25) is 0 Å². The maximum atomic E-state index is 6.12. The Morgan fingerprint density at radius 1 is 1.29 bits per heavy atom. The zero-order valence-corrected chi connectivity index (χ0v) is 13.4. The summed E-state index contributed by atoms with van der Waals surface area (Å²) in [6, 6.07) is 7.70. The van der Waals surface area contributed by atoms with Crippen molar-refractivity contribution in [2.24, 2.45) is 0 Å². The molecule has 1 N–H and O–H groups in total. The fourth-order valence-electron chi connectivity index (χ4n) is 3.62. The van der Waals surface area contributed by atoms with Crippen molar-refractivity contribution in [2.75, 3.05) is 25.0 Å². The Hall–Kier alpha value is -1.22. The maximum absolute atomic E-state index is 6.12. The molecule has 3 heteroatoms. The number of hydrogen-bond acceptors (Lipinski definition) is 3. The summed E-state index contributed by atoms with van der Waals surface area (Å²) in [5.41, 5.74) is 2.69. The van der Waals surface area contributed by atoms with Crippen LogP contribution in [0.15, 0.2) is 18.2 Å². The molecule has 3 rings (SSSR count). The summed E-state index contributed by atoms with van der Waals surface area (Å²) in [6.45, 7) is 7.73. The number of fused-ring (bicyclic) bond motifs is 1. The van der Waals surface area contributed by atoms with Crippen LogP contribution in [0.5, 0.6) is 5.75 Å². The summed E-state index contributed by atoms with van der Waals surface area (Å²) < 4.78 is 6.12. The fraction of sp³-hybridized carbons (Fsp3) is 0.667. The maximum Gasteiger partial charge on any atom is 0.119 e. The number of nitrogens with one attached hydrogen (secondary N) is 1. The van der Waals surface area contributed by atoms with Crippen molar-refractivity contribution in [1.82, 2.24) is 4.90 Å². The molecule has 1 fully saturated rings. The van der Waals surface area contributed by atoms with Crippen LogP contribution in [0.2, 0.25) is 0 Å². The molecule has 0 aromatic heterocycles. The molecule has 1 aromatic rings. The van der Waals surface area contributed by atoms with Crippen molar-refractivity contribution in [3.8, 4) is 5.75 Å².